The molecule has 1 rings (SSSR count). The standard InChI is InChI=1S/C13H18N2O4/c1-9(2)7-8-14-12(13(16)17)10-3-5-11(6-4-10)15(18)19/h3-6,9,12,14H,7-8H2,1-2H3,(H,16,17). The Labute approximate surface area is 111 Å². The molecule has 2 N–H and O–H groups in total. The number of benzene rings is 1. The maximum atomic E-state index is 11.2. The van der Waals surface area contributed by atoms with E-state index in [1.54, 1.807) is 0 Å². The summed E-state index contributed by atoms with van der Waals surface area (Å²) in [5.74, 6) is -0.503. The molecule has 6 nitrogen and oxygen atoms in total. The van der Waals surface area contributed by atoms with Gasteiger partial charge in [0.1, 0.15) is 6.04 Å². The lowest BCUT2D eigenvalue weighted by atomic mass is 10.1. The van der Waals surface area contributed by atoms with Crippen LogP contribution in [0.4, 0.5) is 5.69 Å². The zero-order valence-electron chi connectivity index (χ0n) is 11.0. The number of non-ortho nitro benzene ring substituents is 1. The predicted octanol–water partition coefficient (Wildman–Crippen LogP) is 2.36. The van der Waals surface area contributed by atoms with Gasteiger partial charge < -0.3 is 10.4 Å². The molecule has 19 heavy (non-hydrogen) atoms. The van der Waals surface area contributed by atoms with E-state index < -0.39 is 16.9 Å². The van der Waals surface area contributed by atoms with Gasteiger partial charge in [0.25, 0.3) is 5.69 Å². The minimum atomic E-state index is -0.988. The van der Waals surface area contributed by atoms with Crippen molar-refractivity contribution in [1.29, 1.82) is 0 Å². The molecule has 0 aliphatic heterocycles. The number of nitrogens with zero attached hydrogens (tertiary/aromatic N) is 1. The number of nitro groups is 1. The Morgan fingerprint density at radius 1 is 1.37 bits per heavy atom. The van der Waals surface area contributed by atoms with E-state index in [0.29, 0.717) is 18.0 Å². The summed E-state index contributed by atoms with van der Waals surface area (Å²) in [6.07, 6.45) is 0.872. The third kappa shape index (κ3) is 4.67. The van der Waals surface area contributed by atoms with Gasteiger partial charge in [0.15, 0.2) is 0 Å². The lowest BCUT2D eigenvalue weighted by Gasteiger charge is -2.15. The maximum absolute atomic E-state index is 11.2. The first-order chi connectivity index (χ1) is 8.91. The molecule has 0 amide bonds. The first-order valence-electron chi connectivity index (χ1n) is 6.12. The molecular formula is C13H18N2O4. The molecule has 0 aliphatic rings. The van der Waals surface area contributed by atoms with Crippen LogP contribution in [0.25, 0.3) is 0 Å². The summed E-state index contributed by atoms with van der Waals surface area (Å²) in [5, 5.41) is 22.7. The van der Waals surface area contributed by atoms with Gasteiger partial charge in [-0.05, 0) is 24.4 Å². The first-order valence-corrected chi connectivity index (χ1v) is 6.12. The monoisotopic (exact) mass is 266 g/mol. The molecule has 1 unspecified atom stereocenters. The van der Waals surface area contributed by atoms with Crippen molar-refractivity contribution >= 4 is 11.7 Å². The van der Waals surface area contributed by atoms with Crippen LogP contribution in [0.1, 0.15) is 31.9 Å². The molecule has 0 spiro atoms. The lowest BCUT2D eigenvalue weighted by Crippen LogP contribution is -2.29. The predicted molar refractivity (Wildman–Crippen MR) is 70.9 cm³/mol. The highest BCUT2D eigenvalue weighted by atomic mass is 16.6. The Hall–Kier alpha value is -1.95. The van der Waals surface area contributed by atoms with Crippen LogP contribution in [-0.4, -0.2) is 22.5 Å². The molecule has 0 saturated carbocycles. The smallest absolute Gasteiger partial charge is 0.325 e. The average molecular weight is 266 g/mol. The van der Waals surface area contributed by atoms with Gasteiger partial charge in [-0.15, -0.1) is 0 Å². The van der Waals surface area contributed by atoms with Gasteiger partial charge >= 0.3 is 5.97 Å². The second-order valence-corrected chi connectivity index (χ2v) is 4.76. The summed E-state index contributed by atoms with van der Waals surface area (Å²) >= 11 is 0. The molecule has 0 bridgehead atoms. The van der Waals surface area contributed by atoms with Gasteiger partial charge in [0, 0.05) is 12.1 Å². The fourth-order valence-electron chi connectivity index (χ4n) is 1.65. The number of nitrogens with one attached hydrogen (secondary N) is 1. The molecule has 0 aliphatic carbocycles. The quantitative estimate of drug-likeness (QED) is 0.583. The topological polar surface area (TPSA) is 92.5 Å². The number of nitro benzene ring substituents is 1. The summed E-state index contributed by atoms with van der Waals surface area (Å²) in [7, 11) is 0. The molecule has 1 aromatic rings. The fraction of sp³-hybridized carbons (Fsp3) is 0.462. The Morgan fingerprint density at radius 2 is 1.95 bits per heavy atom. The van der Waals surface area contributed by atoms with Crippen molar-refractivity contribution in [3.8, 4) is 0 Å². The van der Waals surface area contributed by atoms with E-state index in [0.717, 1.165) is 6.42 Å². The minimum Gasteiger partial charge on any atom is -0.480 e. The Bertz CT molecular complexity index is 442. The van der Waals surface area contributed by atoms with Crippen LogP contribution in [-0.2, 0) is 4.79 Å². The van der Waals surface area contributed by atoms with Crippen molar-refractivity contribution in [3.63, 3.8) is 0 Å². The molecule has 1 atom stereocenters. The highest BCUT2D eigenvalue weighted by Crippen LogP contribution is 2.18. The lowest BCUT2D eigenvalue weighted by molar-refractivity contribution is -0.384. The number of aliphatic carboxylic acids is 1. The fourth-order valence-corrected chi connectivity index (χ4v) is 1.65. The van der Waals surface area contributed by atoms with Crippen LogP contribution >= 0.6 is 0 Å². The molecule has 6 heteroatoms. The Morgan fingerprint density at radius 3 is 2.37 bits per heavy atom. The van der Waals surface area contributed by atoms with Crippen molar-refractivity contribution in [2.45, 2.75) is 26.3 Å². The highest BCUT2D eigenvalue weighted by molar-refractivity contribution is 5.75. The summed E-state index contributed by atoms with van der Waals surface area (Å²) in [6.45, 7) is 4.71. The SMILES string of the molecule is CC(C)CCNC(C(=O)O)c1ccc([N+](=O)[O-])cc1. The molecule has 0 aromatic heterocycles. The molecule has 104 valence electrons. The Balaban J connectivity index is 2.75. The van der Waals surface area contributed by atoms with E-state index in [1.807, 2.05) is 0 Å². The van der Waals surface area contributed by atoms with E-state index in [4.69, 9.17) is 0 Å². The molecule has 0 radical (unpaired) electrons. The summed E-state index contributed by atoms with van der Waals surface area (Å²) in [5.41, 5.74) is 0.469. The van der Waals surface area contributed by atoms with Gasteiger partial charge in [-0.25, -0.2) is 0 Å². The Kier molecular flexibility index (Phi) is 5.44. The number of carboxylic acid groups (broad SMARTS) is 1. The van der Waals surface area contributed by atoms with Crippen LogP contribution in [0, 0.1) is 16.0 Å². The van der Waals surface area contributed by atoms with Crippen molar-refractivity contribution in [2.75, 3.05) is 6.54 Å². The number of carboxylic acids is 1. The second kappa shape index (κ2) is 6.84. The third-order valence-electron chi connectivity index (χ3n) is 2.75. The van der Waals surface area contributed by atoms with Gasteiger partial charge in [0.05, 0.1) is 4.92 Å². The van der Waals surface area contributed by atoms with Crippen molar-refractivity contribution in [2.24, 2.45) is 5.92 Å². The zero-order valence-corrected chi connectivity index (χ0v) is 11.0. The average Bonchev–Trinajstić information content (AvgIpc) is 2.34. The van der Waals surface area contributed by atoms with Gasteiger partial charge in [-0.1, -0.05) is 26.0 Å². The van der Waals surface area contributed by atoms with Crippen molar-refractivity contribution in [1.82, 2.24) is 5.32 Å². The number of carbonyl (C=O) groups is 1. The van der Waals surface area contributed by atoms with E-state index in [9.17, 15) is 20.0 Å². The van der Waals surface area contributed by atoms with Gasteiger partial charge in [-0.3, -0.25) is 14.9 Å². The van der Waals surface area contributed by atoms with Crippen LogP contribution in [0.15, 0.2) is 24.3 Å². The minimum absolute atomic E-state index is 0.0462. The van der Waals surface area contributed by atoms with Crippen LogP contribution in [0.5, 0.6) is 0 Å². The zero-order chi connectivity index (χ0) is 14.4. The van der Waals surface area contributed by atoms with Crippen LogP contribution < -0.4 is 5.32 Å². The van der Waals surface area contributed by atoms with Crippen LogP contribution in [0.3, 0.4) is 0 Å². The van der Waals surface area contributed by atoms with Gasteiger partial charge in [0.2, 0.25) is 0 Å². The van der Waals surface area contributed by atoms with E-state index in [2.05, 4.69) is 19.2 Å². The first kappa shape index (κ1) is 15.1. The van der Waals surface area contributed by atoms with E-state index in [-0.39, 0.29) is 5.69 Å². The largest absolute Gasteiger partial charge is 0.480 e. The molecule has 0 fully saturated rings. The van der Waals surface area contributed by atoms with Crippen molar-refractivity contribution in [3.05, 3.63) is 39.9 Å². The second-order valence-electron chi connectivity index (χ2n) is 4.76. The molecule has 0 heterocycles. The van der Waals surface area contributed by atoms with Crippen LogP contribution in [0.2, 0.25) is 0 Å². The number of hydrogen-bond donors (Lipinski definition) is 2. The maximum Gasteiger partial charge on any atom is 0.325 e. The third-order valence-corrected chi connectivity index (χ3v) is 2.75. The van der Waals surface area contributed by atoms with E-state index in [1.165, 1.54) is 24.3 Å². The summed E-state index contributed by atoms with van der Waals surface area (Å²) in [6, 6.07) is 4.74. The van der Waals surface area contributed by atoms with Crippen molar-refractivity contribution < 1.29 is 14.8 Å². The number of hydrogen-bond acceptors (Lipinski definition) is 4. The normalized spacial score (nSPS) is 12.4. The molecule has 1 aromatic carbocycles. The summed E-state index contributed by atoms with van der Waals surface area (Å²) in [4.78, 5) is 21.2. The number of rotatable bonds is 7. The molecular weight excluding hydrogens is 248 g/mol. The summed E-state index contributed by atoms with van der Waals surface area (Å²) < 4.78 is 0. The molecule has 0 saturated heterocycles. The highest BCUT2D eigenvalue weighted by Gasteiger charge is 2.19. The van der Waals surface area contributed by atoms with E-state index >= 15 is 0 Å². The van der Waals surface area contributed by atoms with Gasteiger partial charge in [-0.2, -0.15) is 0 Å².